The van der Waals surface area contributed by atoms with Gasteiger partial charge in [-0.05, 0) is 44.0 Å². The number of nitrogens with zero attached hydrogens (tertiary/aromatic N) is 2. The first-order valence-electron chi connectivity index (χ1n) is 8.45. The first-order valence-corrected chi connectivity index (χ1v) is 8.45. The molecule has 2 nitrogen and oxygen atoms in total. The van der Waals surface area contributed by atoms with Crippen molar-refractivity contribution in [2.45, 2.75) is 27.3 Å². The Bertz CT molecular complexity index is 633. The zero-order chi connectivity index (χ0) is 16.5. The molecule has 2 heteroatoms. The molecule has 0 aliphatic heterocycles. The molecule has 1 aromatic heterocycles. The summed E-state index contributed by atoms with van der Waals surface area (Å²) in [6.07, 6.45) is 12.7. The van der Waals surface area contributed by atoms with Gasteiger partial charge in [-0.15, -0.1) is 0 Å². The second kappa shape index (κ2) is 8.94. The van der Waals surface area contributed by atoms with Gasteiger partial charge in [-0.3, -0.25) is 0 Å². The fourth-order valence-electron chi connectivity index (χ4n) is 2.51. The molecule has 0 N–H and O–H groups in total. The largest absolute Gasteiger partial charge is 0.372 e. The Morgan fingerprint density at radius 3 is 1.78 bits per heavy atom. The minimum atomic E-state index is 1.01. The lowest BCUT2D eigenvalue weighted by molar-refractivity contribution is -0.693. The topological polar surface area (TPSA) is 7.12 Å². The van der Waals surface area contributed by atoms with Gasteiger partial charge in [0.05, 0.1) is 0 Å². The van der Waals surface area contributed by atoms with Gasteiger partial charge >= 0.3 is 0 Å². The normalized spacial score (nSPS) is 11.4. The Morgan fingerprint density at radius 2 is 1.30 bits per heavy atom. The zero-order valence-corrected chi connectivity index (χ0v) is 14.4. The van der Waals surface area contributed by atoms with Crippen LogP contribution in [0.1, 0.15) is 31.9 Å². The molecule has 0 bridgehead atoms. The standard InChI is InChI=1S/C21H27N2/c1-4-22-17-15-20(16-18-22)10-8-7-9-19-11-13-21(14-12-19)23(5-2)6-3/h7-18H,4-6H2,1-3H3/q+1. The first kappa shape index (κ1) is 17.0. The summed E-state index contributed by atoms with van der Waals surface area (Å²) in [5, 5.41) is 0. The van der Waals surface area contributed by atoms with Gasteiger partial charge in [-0.2, -0.15) is 0 Å². The summed E-state index contributed by atoms with van der Waals surface area (Å²) in [4.78, 5) is 2.35. The van der Waals surface area contributed by atoms with Crippen LogP contribution in [0.2, 0.25) is 0 Å². The van der Waals surface area contributed by atoms with E-state index in [1.165, 1.54) is 16.8 Å². The van der Waals surface area contributed by atoms with E-state index in [4.69, 9.17) is 0 Å². The van der Waals surface area contributed by atoms with Crippen molar-refractivity contribution in [2.24, 2.45) is 0 Å². The quantitative estimate of drug-likeness (QED) is 0.537. The average molecular weight is 307 g/mol. The molecule has 0 saturated heterocycles. The summed E-state index contributed by atoms with van der Waals surface area (Å²) in [7, 11) is 0. The van der Waals surface area contributed by atoms with Crippen LogP contribution >= 0.6 is 0 Å². The predicted octanol–water partition coefficient (Wildman–Crippen LogP) is 4.57. The maximum absolute atomic E-state index is 2.35. The first-order chi connectivity index (χ1) is 11.3. The summed E-state index contributed by atoms with van der Waals surface area (Å²) in [5.41, 5.74) is 3.73. The number of rotatable bonds is 7. The van der Waals surface area contributed by atoms with Crippen molar-refractivity contribution >= 4 is 17.8 Å². The van der Waals surface area contributed by atoms with Crippen molar-refractivity contribution in [1.29, 1.82) is 0 Å². The Hall–Kier alpha value is -2.35. The number of anilines is 1. The third kappa shape index (κ3) is 5.10. The maximum Gasteiger partial charge on any atom is 0.169 e. The van der Waals surface area contributed by atoms with Gasteiger partial charge in [0.15, 0.2) is 12.4 Å². The van der Waals surface area contributed by atoms with Crippen molar-refractivity contribution in [3.63, 3.8) is 0 Å². The van der Waals surface area contributed by atoms with Crippen molar-refractivity contribution in [2.75, 3.05) is 18.0 Å². The molecule has 0 radical (unpaired) electrons. The fourth-order valence-corrected chi connectivity index (χ4v) is 2.51. The monoisotopic (exact) mass is 307 g/mol. The number of aryl methyl sites for hydroxylation is 1. The van der Waals surface area contributed by atoms with Crippen LogP contribution in [0.5, 0.6) is 0 Å². The molecular weight excluding hydrogens is 280 g/mol. The molecule has 1 aromatic carbocycles. The van der Waals surface area contributed by atoms with E-state index in [9.17, 15) is 0 Å². The van der Waals surface area contributed by atoms with E-state index < -0.39 is 0 Å². The van der Waals surface area contributed by atoms with Gasteiger partial charge in [-0.1, -0.05) is 36.4 Å². The number of hydrogen-bond acceptors (Lipinski definition) is 1. The van der Waals surface area contributed by atoms with Gasteiger partial charge in [0.25, 0.3) is 0 Å². The molecule has 0 amide bonds. The van der Waals surface area contributed by atoms with E-state index in [1.54, 1.807) is 0 Å². The molecule has 0 aliphatic rings. The maximum atomic E-state index is 2.35. The lowest BCUT2D eigenvalue weighted by atomic mass is 10.1. The van der Waals surface area contributed by atoms with E-state index in [0.717, 1.165) is 19.6 Å². The van der Waals surface area contributed by atoms with Crippen LogP contribution in [-0.4, -0.2) is 13.1 Å². The van der Waals surface area contributed by atoms with Crippen LogP contribution in [0.15, 0.2) is 60.9 Å². The van der Waals surface area contributed by atoms with Gasteiger partial charge < -0.3 is 4.90 Å². The van der Waals surface area contributed by atoms with Crippen molar-refractivity contribution in [3.8, 4) is 0 Å². The van der Waals surface area contributed by atoms with E-state index in [2.05, 4.69) is 103 Å². The summed E-state index contributed by atoms with van der Waals surface area (Å²) < 4.78 is 2.16. The number of aromatic nitrogens is 1. The molecule has 0 spiro atoms. The van der Waals surface area contributed by atoms with Crippen LogP contribution in [-0.2, 0) is 6.54 Å². The van der Waals surface area contributed by atoms with Crippen LogP contribution in [0, 0.1) is 0 Å². The Morgan fingerprint density at radius 1 is 0.783 bits per heavy atom. The molecule has 0 unspecified atom stereocenters. The van der Waals surface area contributed by atoms with Crippen LogP contribution in [0.25, 0.3) is 12.2 Å². The van der Waals surface area contributed by atoms with Crippen molar-refractivity contribution in [1.82, 2.24) is 0 Å². The third-order valence-electron chi connectivity index (χ3n) is 3.99. The van der Waals surface area contributed by atoms with Crippen molar-refractivity contribution in [3.05, 3.63) is 72.1 Å². The van der Waals surface area contributed by atoms with Crippen LogP contribution < -0.4 is 9.47 Å². The molecule has 0 aliphatic carbocycles. The molecule has 1 heterocycles. The minimum Gasteiger partial charge on any atom is -0.372 e. The summed E-state index contributed by atoms with van der Waals surface area (Å²) in [6, 6.07) is 13.0. The third-order valence-corrected chi connectivity index (χ3v) is 3.99. The fraction of sp³-hybridized carbons (Fsp3) is 0.286. The molecule has 2 aromatic rings. The smallest absolute Gasteiger partial charge is 0.169 e. The number of hydrogen-bond donors (Lipinski definition) is 0. The van der Waals surface area contributed by atoms with E-state index in [-0.39, 0.29) is 0 Å². The SMILES string of the molecule is CCN(CC)c1ccc(/C=C/C=C/c2cc[n+](CC)cc2)cc1. The van der Waals surface area contributed by atoms with E-state index >= 15 is 0 Å². The predicted molar refractivity (Wildman–Crippen MR) is 100 cm³/mol. The molecule has 0 fully saturated rings. The molecule has 0 saturated carbocycles. The summed E-state index contributed by atoms with van der Waals surface area (Å²) in [6.45, 7) is 9.62. The van der Waals surface area contributed by atoms with Gasteiger partial charge in [-0.25, -0.2) is 4.57 Å². The van der Waals surface area contributed by atoms with Crippen molar-refractivity contribution < 1.29 is 4.57 Å². The number of allylic oxidation sites excluding steroid dienone is 2. The molecule has 120 valence electrons. The number of benzene rings is 1. The van der Waals surface area contributed by atoms with Crippen LogP contribution in [0.3, 0.4) is 0 Å². The molecule has 2 rings (SSSR count). The van der Waals surface area contributed by atoms with Crippen LogP contribution in [0.4, 0.5) is 5.69 Å². The molecular formula is C21H27N2+. The summed E-state index contributed by atoms with van der Waals surface area (Å²) >= 11 is 0. The highest BCUT2D eigenvalue weighted by Crippen LogP contribution is 2.15. The minimum absolute atomic E-state index is 1.01. The van der Waals surface area contributed by atoms with Gasteiger partial charge in [0.1, 0.15) is 6.54 Å². The lowest BCUT2D eigenvalue weighted by Crippen LogP contribution is -2.30. The second-order valence-electron chi connectivity index (χ2n) is 5.44. The highest BCUT2D eigenvalue weighted by Gasteiger charge is 1.99. The number of pyridine rings is 1. The summed E-state index contributed by atoms with van der Waals surface area (Å²) in [5.74, 6) is 0. The van der Waals surface area contributed by atoms with E-state index in [1.807, 2.05) is 0 Å². The zero-order valence-electron chi connectivity index (χ0n) is 14.4. The van der Waals surface area contributed by atoms with E-state index in [0.29, 0.717) is 0 Å². The van der Waals surface area contributed by atoms with Gasteiger partial charge in [0.2, 0.25) is 0 Å². The molecule has 23 heavy (non-hydrogen) atoms. The Kier molecular flexibility index (Phi) is 6.61. The highest BCUT2D eigenvalue weighted by molar-refractivity contribution is 5.59. The Balaban J connectivity index is 1.95. The average Bonchev–Trinajstić information content (AvgIpc) is 2.61. The highest BCUT2D eigenvalue weighted by atomic mass is 15.1. The second-order valence-corrected chi connectivity index (χ2v) is 5.44. The lowest BCUT2D eigenvalue weighted by Gasteiger charge is -2.20. The Labute approximate surface area is 140 Å². The molecule has 0 atom stereocenters. The van der Waals surface area contributed by atoms with Gasteiger partial charge in [0, 0.05) is 30.9 Å².